The molecule has 0 saturated heterocycles. The largest absolute Gasteiger partial charge is 0.466 e. The second-order valence-corrected chi connectivity index (χ2v) is 5.04. The lowest BCUT2D eigenvalue weighted by Gasteiger charge is -2.29. The molecule has 0 amide bonds. The summed E-state index contributed by atoms with van der Waals surface area (Å²) >= 11 is 0. The first-order valence-electron chi connectivity index (χ1n) is 5.51. The van der Waals surface area contributed by atoms with Gasteiger partial charge in [0.25, 0.3) is 0 Å². The molecule has 0 aliphatic heterocycles. The Labute approximate surface area is 91.2 Å². The minimum absolute atomic E-state index is 0.0389. The normalized spacial score (nSPS) is 29.2. The highest BCUT2D eigenvalue weighted by molar-refractivity contribution is 5.84. The van der Waals surface area contributed by atoms with Crippen molar-refractivity contribution in [1.29, 1.82) is 0 Å². The van der Waals surface area contributed by atoms with E-state index in [2.05, 4.69) is 13.8 Å². The number of ketones is 1. The van der Waals surface area contributed by atoms with Gasteiger partial charge in [-0.15, -0.1) is 0 Å². The molecule has 0 aromatic carbocycles. The minimum atomic E-state index is -0.245. The van der Waals surface area contributed by atoms with Crippen molar-refractivity contribution in [3.8, 4) is 0 Å². The molecule has 1 rings (SSSR count). The van der Waals surface area contributed by atoms with Gasteiger partial charge in [0.2, 0.25) is 0 Å². The fourth-order valence-electron chi connectivity index (χ4n) is 2.27. The molecule has 15 heavy (non-hydrogen) atoms. The van der Waals surface area contributed by atoms with Gasteiger partial charge in [0.1, 0.15) is 5.78 Å². The van der Waals surface area contributed by atoms with Crippen LogP contribution in [-0.4, -0.2) is 18.4 Å². The van der Waals surface area contributed by atoms with Crippen molar-refractivity contribution >= 4 is 11.8 Å². The van der Waals surface area contributed by atoms with Gasteiger partial charge in [-0.3, -0.25) is 9.59 Å². The predicted molar refractivity (Wildman–Crippen MR) is 57.3 cm³/mol. The lowest BCUT2D eigenvalue weighted by Crippen LogP contribution is -2.25. The molecule has 0 heterocycles. The Hall–Kier alpha value is -0.860. The van der Waals surface area contributed by atoms with Crippen LogP contribution in [0.25, 0.3) is 0 Å². The van der Waals surface area contributed by atoms with Crippen LogP contribution in [0.3, 0.4) is 0 Å². The summed E-state index contributed by atoms with van der Waals surface area (Å²) in [5, 5.41) is 0. The summed E-state index contributed by atoms with van der Waals surface area (Å²) in [6.07, 6.45) is 1.43. The maximum atomic E-state index is 11.6. The highest BCUT2D eigenvalue weighted by atomic mass is 16.5. The molecule has 2 atom stereocenters. The van der Waals surface area contributed by atoms with Gasteiger partial charge < -0.3 is 4.74 Å². The van der Waals surface area contributed by atoms with E-state index < -0.39 is 0 Å². The molecule has 1 aliphatic carbocycles. The summed E-state index contributed by atoms with van der Waals surface area (Å²) in [5.41, 5.74) is 0.0389. The molecule has 3 heteroatoms. The molecule has 0 N–H and O–H groups in total. The Morgan fingerprint density at radius 1 is 1.53 bits per heavy atom. The van der Waals surface area contributed by atoms with E-state index in [4.69, 9.17) is 4.74 Å². The Kier molecular flexibility index (Phi) is 3.53. The SMILES string of the molecule is CC(=O)OCC[C@@H]1CC(=O)[C@H](C)C1(C)C. The van der Waals surface area contributed by atoms with Crippen molar-refractivity contribution in [2.45, 2.75) is 40.5 Å². The number of ether oxygens (including phenoxy) is 1. The monoisotopic (exact) mass is 212 g/mol. The molecular weight excluding hydrogens is 192 g/mol. The van der Waals surface area contributed by atoms with Crippen LogP contribution >= 0.6 is 0 Å². The predicted octanol–water partition coefficient (Wildman–Crippen LogP) is 2.19. The quantitative estimate of drug-likeness (QED) is 0.673. The van der Waals surface area contributed by atoms with Crippen molar-refractivity contribution in [2.24, 2.45) is 17.3 Å². The number of hydrogen-bond donors (Lipinski definition) is 0. The van der Waals surface area contributed by atoms with Gasteiger partial charge in [0.05, 0.1) is 6.61 Å². The molecule has 0 aromatic rings. The van der Waals surface area contributed by atoms with Crippen molar-refractivity contribution in [3.63, 3.8) is 0 Å². The number of Topliss-reactive ketones (excluding diaryl/α,β-unsaturated/α-hetero) is 1. The molecule has 0 aromatic heterocycles. The third kappa shape index (κ3) is 2.58. The summed E-state index contributed by atoms with van der Waals surface area (Å²) in [7, 11) is 0. The van der Waals surface area contributed by atoms with E-state index in [0.29, 0.717) is 24.7 Å². The van der Waals surface area contributed by atoms with Crippen molar-refractivity contribution in [1.82, 2.24) is 0 Å². The second kappa shape index (κ2) is 4.33. The van der Waals surface area contributed by atoms with Crippen LogP contribution in [0.15, 0.2) is 0 Å². The molecule has 0 spiro atoms. The topological polar surface area (TPSA) is 43.4 Å². The highest BCUT2D eigenvalue weighted by Gasteiger charge is 2.45. The van der Waals surface area contributed by atoms with Crippen molar-refractivity contribution in [2.75, 3.05) is 6.61 Å². The molecule has 1 aliphatic rings. The Balaban J connectivity index is 2.49. The van der Waals surface area contributed by atoms with E-state index in [0.717, 1.165) is 6.42 Å². The molecule has 0 radical (unpaired) electrons. The van der Waals surface area contributed by atoms with Gasteiger partial charge in [-0.25, -0.2) is 0 Å². The van der Waals surface area contributed by atoms with Crippen LogP contribution in [0.4, 0.5) is 0 Å². The molecule has 3 nitrogen and oxygen atoms in total. The van der Waals surface area contributed by atoms with Crippen LogP contribution in [0.2, 0.25) is 0 Å². The fourth-order valence-corrected chi connectivity index (χ4v) is 2.27. The smallest absolute Gasteiger partial charge is 0.302 e. The van der Waals surface area contributed by atoms with Gasteiger partial charge in [0.15, 0.2) is 0 Å². The third-order valence-electron chi connectivity index (χ3n) is 3.87. The minimum Gasteiger partial charge on any atom is -0.466 e. The Bertz CT molecular complexity index is 268. The van der Waals surface area contributed by atoms with E-state index in [-0.39, 0.29) is 17.3 Å². The third-order valence-corrected chi connectivity index (χ3v) is 3.87. The summed E-state index contributed by atoms with van der Waals surface area (Å²) in [6.45, 7) is 8.09. The first-order valence-corrected chi connectivity index (χ1v) is 5.51. The average Bonchev–Trinajstić information content (AvgIpc) is 2.30. The zero-order chi connectivity index (χ0) is 11.6. The van der Waals surface area contributed by atoms with Gasteiger partial charge in [-0.05, 0) is 17.8 Å². The van der Waals surface area contributed by atoms with Crippen LogP contribution in [0.5, 0.6) is 0 Å². The molecular formula is C12H20O3. The molecule has 1 fully saturated rings. The summed E-state index contributed by atoms with van der Waals surface area (Å²) < 4.78 is 4.92. The number of rotatable bonds is 3. The van der Waals surface area contributed by atoms with E-state index in [1.54, 1.807) is 0 Å². The number of esters is 1. The summed E-state index contributed by atoms with van der Waals surface area (Å²) in [5.74, 6) is 0.567. The van der Waals surface area contributed by atoms with Gasteiger partial charge in [-0.1, -0.05) is 20.8 Å². The van der Waals surface area contributed by atoms with Crippen LogP contribution < -0.4 is 0 Å². The Morgan fingerprint density at radius 2 is 2.13 bits per heavy atom. The van der Waals surface area contributed by atoms with Gasteiger partial charge in [0, 0.05) is 19.3 Å². The molecule has 0 bridgehead atoms. The zero-order valence-electron chi connectivity index (χ0n) is 10.0. The summed E-state index contributed by atoms with van der Waals surface area (Å²) in [6, 6.07) is 0. The average molecular weight is 212 g/mol. The van der Waals surface area contributed by atoms with E-state index >= 15 is 0 Å². The highest BCUT2D eigenvalue weighted by Crippen LogP contribution is 2.46. The lowest BCUT2D eigenvalue weighted by atomic mass is 9.75. The van der Waals surface area contributed by atoms with Crippen molar-refractivity contribution in [3.05, 3.63) is 0 Å². The van der Waals surface area contributed by atoms with Crippen LogP contribution in [0.1, 0.15) is 40.5 Å². The first-order chi connectivity index (χ1) is 6.85. The molecule has 1 saturated carbocycles. The fraction of sp³-hybridized carbons (Fsp3) is 0.833. The van der Waals surface area contributed by atoms with E-state index in [9.17, 15) is 9.59 Å². The molecule has 86 valence electrons. The zero-order valence-corrected chi connectivity index (χ0v) is 10.0. The van der Waals surface area contributed by atoms with Gasteiger partial charge >= 0.3 is 5.97 Å². The van der Waals surface area contributed by atoms with E-state index in [1.165, 1.54) is 6.92 Å². The number of carbonyl (C=O) groups excluding carboxylic acids is 2. The molecule has 0 unspecified atom stereocenters. The second-order valence-electron chi connectivity index (χ2n) is 5.04. The Morgan fingerprint density at radius 3 is 2.53 bits per heavy atom. The maximum Gasteiger partial charge on any atom is 0.302 e. The number of carbonyl (C=O) groups is 2. The van der Waals surface area contributed by atoms with E-state index in [1.807, 2.05) is 6.92 Å². The van der Waals surface area contributed by atoms with Crippen LogP contribution in [0, 0.1) is 17.3 Å². The maximum absolute atomic E-state index is 11.6. The standard InChI is InChI=1S/C12H20O3/c1-8-11(14)7-10(12(8,3)4)5-6-15-9(2)13/h8,10H,5-7H2,1-4H3/t8-,10+/m0/s1. The summed E-state index contributed by atoms with van der Waals surface area (Å²) in [4.78, 5) is 22.2. The van der Waals surface area contributed by atoms with Gasteiger partial charge in [-0.2, -0.15) is 0 Å². The van der Waals surface area contributed by atoms with Crippen molar-refractivity contribution < 1.29 is 14.3 Å². The van der Waals surface area contributed by atoms with Crippen LogP contribution in [-0.2, 0) is 14.3 Å². The number of hydrogen-bond acceptors (Lipinski definition) is 3. The first kappa shape index (κ1) is 12.2. The lowest BCUT2D eigenvalue weighted by molar-refractivity contribution is -0.141.